The first-order chi connectivity index (χ1) is 8.06. The van der Waals surface area contributed by atoms with Crippen LogP contribution in [0.5, 0.6) is 11.5 Å². The number of Topliss-reactive ketones (excluding diaryl/α,β-unsaturated/α-hetero) is 1. The molecule has 0 aliphatic rings. The van der Waals surface area contributed by atoms with Gasteiger partial charge >= 0.3 is 0 Å². The molecule has 0 radical (unpaired) electrons. The van der Waals surface area contributed by atoms with Gasteiger partial charge in [0.2, 0.25) is 0 Å². The van der Waals surface area contributed by atoms with Crippen molar-refractivity contribution in [1.82, 2.24) is 5.32 Å². The van der Waals surface area contributed by atoms with E-state index in [0.29, 0.717) is 17.1 Å². The normalized spacial score (nSPS) is 10.2. The Hall–Kier alpha value is -1.07. The highest BCUT2D eigenvalue weighted by Crippen LogP contribution is 2.38. The van der Waals surface area contributed by atoms with E-state index in [2.05, 4.69) is 21.2 Å². The Balaban J connectivity index is 3.36. The number of carbonyl (C=O) groups excluding carboxylic acids is 1. The summed E-state index contributed by atoms with van der Waals surface area (Å²) in [5.41, 5.74) is 1.36. The van der Waals surface area contributed by atoms with Gasteiger partial charge in [-0.05, 0) is 36.0 Å². The maximum Gasteiger partial charge on any atom is 0.180 e. The Labute approximate surface area is 109 Å². The van der Waals surface area contributed by atoms with Gasteiger partial charge < -0.3 is 14.8 Å². The van der Waals surface area contributed by atoms with Gasteiger partial charge in [0.05, 0.1) is 30.8 Å². The van der Waals surface area contributed by atoms with Crippen LogP contribution in [0.3, 0.4) is 0 Å². The molecule has 0 fully saturated rings. The van der Waals surface area contributed by atoms with Crippen molar-refractivity contribution in [2.75, 3.05) is 27.8 Å². The number of carbonyl (C=O) groups is 1. The van der Waals surface area contributed by atoms with Gasteiger partial charge in [-0.25, -0.2) is 0 Å². The predicted octanol–water partition coefficient (Wildman–Crippen LogP) is 2.18. The Morgan fingerprint density at radius 1 is 1.35 bits per heavy atom. The largest absolute Gasteiger partial charge is 0.496 e. The number of hydrogen-bond acceptors (Lipinski definition) is 4. The third-order valence-corrected chi connectivity index (χ3v) is 3.05. The molecular formula is C12H16BrNO3. The Morgan fingerprint density at radius 2 is 1.94 bits per heavy atom. The molecule has 0 aliphatic heterocycles. The van der Waals surface area contributed by atoms with E-state index in [0.717, 1.165) is 10.0 Å². The van der Waals surface area contributed by atoms with E-state index in [4.69, 9.17) is 9.47 Å². The molecule has 0 saturated heterocycles. The number of halogens is 1. The van der Waals surface area contributed by atoms with Crippen LogP contribution in [0, 0.1) is 6.92 Å². The van der Waals surface area contributed by atoms with Gasteiger partial charge in [0, 0.05) is 5.56 Å². The van der Waals surface area contributed by atoms with Crippen LogP contribution in [-0.4, -0.2) is 33.6 Å². The Morgan fingerprint density at radius 3 is 2.41 bits per heavy atom. The van der Waals surface area contributed by atoms with E-state index in [9.17, 15) is 4.79 Å². The van der Waals surface area contributed by atoms with Crippen LogP contribution in [0.15, 0.2) is 10.5 Å². The highest BCUT2D eigenvalue weighted by Gasteiger charge is 2.19. The lowest BCUT2D eigenvalue weighted by molar-refractivity contribution is 0.0990. The lowest BCUT2D eigenvalue weighted by Crippen LogP contribution is -2.19. The summed E-state index contributed by atoms with van der Waals surface area (Å²) in [6, 6.07) is 1.73. The number of hydrogen-bond donors (Lipinski definition) is 1. The zero-order valence-electron chi connectivity index (χ0n) is 10.4. The molecular weight excluding hydrogens is 286 g/mol. The summed E-state index contributed by atoms with van der Waals surface area (Å²) in [6.07, 6.45) is 0. The predicted molar refractivity (Wildman–Crippen MR) is 70.2 cm³/mol. The molecule has 4 nitrogen and oxygen atoms in total. The minimum absolute atomic E-state index is 0.0178. The fourth-order valence-corrected chi connectivity index (χ4v) is 2.41. The third kappa shape index (κ3) is 2.79. The topological polar surface area (TPSA) is 47.6 Å². The maximum absolute atomic E-state index is 11.9. The van der Waals surface area contributed by atoms with E-state index >= 15 is 0 Å². The molecule has 0 aromatic heterocycles. The number of ketones is 1. The number of nitrogens with one attached hydrogen (secondary N) is 1. The van der Waals surface area contributed by atoms with Crippen molar-refractivity contribution in [3.8, 4) is 11.5 Å². The van der Waals surface area contributed by atoms with E-state index in [-0.39, 0.29) is 12.3 Å². The van der Waals surface area contributed by atoms with Gasteiger partial charge in [-0.1, -0.05) is 0 Å². The molecule has 0 unspecified atom stereocenters. The highest BCUT2D eigenvalue weighted by atomic mass is 79.9. The van der Waals surface area contributed by atoms with E-state index in [1.54, 1.807) is 27.3 Å². The van der Waals surface area contributed by atoms with Crippen molar-refractivity contribution in [2.45, 2.75) is 6.92 Å². The zero-order valence-corrected chi connectivity index (χ0v) is 12.0. The number of rotatable bonds is 5. The smallest absolute Gasteiger partial charge is 0.180 e. The Bertz CT molecular complexity index is 432. The van der Waals surface area contributed by atoms with Gasteiger partial charge in [-0.15, -0.1) is 0 Å². The van der Waals surface area contributed by atoms with E-state index < -0.39 is 0 Å². The minimum atomic E-state index is -0.0178. The fourth-order valence-electron chi connectivity index (χ4n) is 1.72. The van der Waals surface area contributed by atoms with Crippen molar-refractivity contribution in [1.29, 1.82) is 0 Å². The van der Waals surface area contributed by atoms with Crippen LogP contribution in [0.1, 0.15) is 15.9 Å². The number of benzene rings is 1. The zero-order chi connectivity index (χ0) is 13.0. The van der Waals surface area contributed by atoms with Crippen molar-refractivity contribution >= 4 is 21.7 Å². The second kappa shape index (κ2) is 6.02. The second-order valence-corrected chi connectivity index (χ2v) is 4.41. The molecule has 1 N–H and O–H groups in total. The standard InChI is InChI=1S/C12H16BrNO3/c1-7-11(16-3)8(10(15)6-14-2)5-9(13)12(7)17-4/h5,14H,6H2,1-4H3. The van der Waals surface area contributed by atoms with Gasteiger partial charge in [0.25, 0.3) is 0 Å². The summed E-state index contributed by atoms with van der Waals surface area (Å²) in [5, 5.41) is 2.83. The van der Waals surface area contributed by atoms with Crippen LogP contribution >= 0.6 is 15.9 Å². The molecule has 1 aromatic rings. The number of ether oxygens (including phenoxy) is 2. The quantitative estimate of drug-likeness (QED) is 0.847. The van der Waals surface area contributed by atoms with Crippen LogP contribution < -0.4 is 14.8 Å². The average molecular weight is 302 g/mol. The Kier molecular flexibility index (Phi) is 4.96. The lowest BCUT2D eigenvalue weighted by atomic mass is 10.0. The van der Waals surface area contributed by atoms with Gasteiger partial charge in [0.15, 0.2) is 5.78 Å². The van der Waals surface area contributed by atoms with Crippen LogP contribution in [-0.2, 0) is 0 Å². The van der Waals surface area contributed by atoms with E-state index in [1.807, 2.05) is 6.92 Å². The average Bonchev–Trinajstić information content (AvgIpc) is 2.29. The molecule has 0 spiro atoms. The highest BCUT2D eigenvalue weighted by molar-refractivity contribution is 9.10. The first kappa shape index (κ1) is 14.0. The molecule has 1 aromatic carbocycles. The van der Waals surface area contributed by atoms with Crippen molar-refractivity contribution in [3.05, 3.63) is 21.7 Å². The minimum Gasteiger partial charge on any atom is -0.496 e. The molecule has 0 aliphatic carbocycles. The molecule has 1 rings (SSSR count). The molecule has 0 bridgehead atoms. The van der Waals surface area contributed by atoms with Crippen LogP contribution in [0.25, 0.3) is 0 Å². The molecule has 0 atom stereocenters. The molecule has 17 heavy (non-hydrogen) atoms. The summed E-state index contributed by atoms with van der Waals surface area (Å²) in [6.45, 7) is 2.13. The van der Waals surface area contributed by atoms with Crippen molar-refractivity contribution in [3.63, 3.8) is 0 Å². The SMILES string of the molecule is CNCC(=O)c1cc(Br)c(OC)c(C)c1OC. The van der Waals surface area contributed by atoms with Gasteiger partial charge in [0.1, 0.15) is 11.5 Å². The first-order valence-electron chi connectivity index (χ1n) is 5.15. The first-order valence-corrected chi connectivity index (χ1v) is 5.95. The summed E-state index contributed by atoms with van der Waals surface area (Å²) in [7, 11) is 4.86. The summed E-state index contributed by atoms with van der Waals surface area (Å²) in [5.74, 6) is 1.23. The maximum atomic E-state index is 11.9. The molecule has 5 heteroatoms. The summed E-state index contributed by atoms with van der Waals surface area (Å²) >= 11 is 3.39. The van der Waals surface area contributed by atoms with Crippen LogP contribution in [0.2, 0.25) is 0 Å². The second-order valence-electron chi connectivity index (χ2n) is 3.55. The summed E-state index contributed by atoms with van der Waals surface area (Å²) in [4.78, 5) is 11.9. The molecule has 0 heterocycles. The summed E-state index contributed by atoms with van der Waals surface area (Å²) < 4.78 is 11.3. The monoisotopic (exact) mass is 301 g/mol. The third-order valence-electron chi connectivity index (χ3n) is 2.46. The van der Waals surface area contributed by atoms with E-state index in [1.165, 1.54) is 0 Å². The lowest BCUT2D eigenvalue weighted by Gasteiger charge is -2.15. The van der Waals surface area contributed by atoms with Gasteiger partial charge in [-0.2, -0.15) is 0 Å². The van der Waals surface area contributed by atoms with Crippen molar-refractivity contribution in [2.24, 2.45) is 0 Å². The number of methoxy groups -OCH3 is 2. The van der Waals surface area contributed by atoms with Crippen LogP contribution in [0.4, 0.5) is 0 Å². The van der Waals surface area contributed by atoms with Gasteiger partial charge in [-0.3, -0.25) is 4.79 Å². The number of likely N-dealkylation sites (N-methyl/N-ethyl adjacent to an activating group) is 1. The molecule has 0 saturated carbocycles. The fraction of sp³-hybridized carbons (Fsp3) is 0.417. The van der Waals surface area contributed by atoms with Crippen molar-refractivity contribution < 1.29 is 14.3 Å². The molecule has 94 valence electrons. The molecule has 0 amide bonds.